The van der Waals surface area contributed by atoms with E-state index in [1.165, 1.54) is 10.4 Å². The maximum Gasteiger partial charge on any atom is 0.244 e. The quantitative estimate of drug-likeness (QED) is 0.746. The van der Waals surface area contributed by atoms with Crippen LogP contribution in [0.4, 0.5) is 0 Å². The number of hydrogen-bond donors (Lipinski definition) is 0. The molecule has 0 atom stereocenters. The highest BCUT2D eigenvalue weighted by molar-refractivity contribution is 9.09. The van der Waals surface area contributed by atoms with Crippen LogP contribution in [0.1, 0.15) is 13.3 Å². The number of benzene rings is 1. The third-order valence-corrected chi connectivity index (χ3v) is 5.38. The van der Waals surface area contributed by atoms with E-state index in [1.54, 1.807) is 18.2 Å². The van der Waals surface area contributed by atoms with Gasteiger partial charge in [-0.3, -0.25) is 0 Å². The number of hydrogen-bond acceptors (Lipinski definition) is 2. The highest BCUT2D eigenvalue weighted by Crippen LogP contribution is 2.24. The first-order valence-electron chi connectivity index (χ1n) is 5.34. The molecule has 1 aromatic carbocycles. The van der Waals surface area contributed by atoms with Gasteiger partial charge in [-0.15, -0.1) is 0 Å². The van der Waals surface area contributed by atoms with Gasteiger partial charge in [-0.2, -0.15) is 4.31 Å². The van der Waals surface area contributed by atoms with Crippen molar-refractivity contribution >= 4 is 37.6 Å². The minimum atomic E-state index is -3.47. The van der Waals surface area contributed by atoms with Gasteiger partial charge in [0.15, 0.2) is 0 Å². The van der Waals surface area contributed by atoms with Crippen LogP contribution in [0.15, 0.2) is 29.2 Å². The van der Waals surface area contributed by atoms with Crippen LogP contribution in [0.2, 0.25) is 5.02 Å². The van der Waals surface area contributed by atoms with Gasteiger partial charge in [0.2, 0.25) is 10.0 Å². The highest BCUT2D eigenvalue weighted by Gasteiger charge is 2.24. The summed E-state index contributed by atoms with van der Waals surface area (Å²) in [5.41, 5.74) is 0. The van der Waals surface area contributed by atoms with Gasteiger partial charge in [-0.25, -0.2) is 8.42 Å². The predicted molar refractivity (Wildman–Crippen MR) is 74.3 cm³/mol. The van der Waals surface area contributed by atoms with Crippen LogP contribution in [-0.2, 0) is 10.0 Å². The third-order valence-electron chi connectivity index (χ3n) is 2.35. The average molecular weight is 341 g/mol. The van der Waals surface area contributed by atoms with Crippen LogP contribution in [0.5, 0.6) is 0 Å². The van der Waals surface area contributed by atoms with Crippen molar-refractivity contribution in [3.05, 3.63) is 29.3 Å². The van der Waals surface area contributed by atoms with E-state index in [-0.39, 0.29) is 9.92 Å². The smallest absolute Gasteiger partial charge is 0.207 e. The molecule has 0 aromatic heterocycles. The van der Waals surface area contributed by atoms with E-state index >= 15 is 0 Å². The number of halogens is 2. The standard InChI is InChI=1S/C11H15BrClNO2S/c1-2-14(9-5-8-12)17(15,16)11-7-4-3-6-10(11)13/h3-4,6-7H,2,5,8-9H2,1H3. The van der Waals surface area contributed by atoms with E-state index in [1.807, 2.05) is 6.92 Å². The number of nitrogens with zero attached hydrogens (tertiary/aromatic N) is 1. The molecule has 0 aliphatic rings. The van der Waals surface area contributed by atoms with E-state index in [0.29, 0.717) is 13.1 Å². The predicted octanol–water partition coefficient (Wildman–Crippen LogP) is 3.14. The molecule has 6 heteroatoms. The lowest BCUT2D eigenvalue weighted by molar-refractivity contribution is 0.428. The lowest BCUT2D eigenvalue weighted by atomic mass is 10.4. The monoisotopic (exact) mass is 339 g/mol. The maximum atomic E-state index is 12.3. The molecule has 0 radical (unpaired) electrons. The van der Waals surface area contributed by atoms with Crippen molar-refractivity contribution in [2.24, 2.45) is 0 Å². The first-order chi connectivity index (χ1) is 8.04. The summed E-state index contributed by atoms with van der Waals surface area (Å²) in [6.07, 6.45) is 0.775. The normalized spacial score (nSPS) is 12.0. The minimum Gasteiger partial charge on any atom is -0.207 e. The van der Waals surface area contributed by atoms with E-state index in [2.05, 4.69) is 15.9 Å². The Labute approximate surface area is 116 Å². The Morgan fingerprint density at radius 1 is 1.35 bits per heavy atom. The van der Waals surface area contributed by atoms with E-state index in [0.717, 1.165) is 11.8 Å². The molecule has 0 aliphatic carbocycles. The summed E-state index contributed by atoms with van der Waals surface area (Å²) >= 11 is 9.23. The van der Waals surface area contributed by atoms with Gasteiger partial charge < -0.3 is 0 Å². The summed E-state index contributed by atoms with van der Waals surface area (Å²) in [6, 6.07) is 6.52. The highest BCUT2D eigenvalue weighted by atomic mass is 79.9. The van der Waals surface area contributed by atoms with Crippen molar-refractivity contribution in [2.75, 3.05) is 18.4 Å². The zero-order chi connectivity index (χ0) is 12.9. The van der Waals surface area contributed by atoms with Crippen LogP contribution in [0, 0.1) is 0 Å². The van der Waals surface area contributed by atoms with Crippen molar-refractivity contribution in [3.63, 3.8) is 0 Å². The van der Waals surface area contributed by atoms with Crippen molar-refractivity contribution in [1.82, 2.24) is 4.31 Å². The van der Waals surface area contributed by atoms with Gasteiger partial charge in [-0.1, -0.05) is 46.6 Å². The Kier molecular flexibility index (Phi) is 5.92. The largest absolute Gasteiger partial charge is 0.244 e. The molecule has 0 aliphatic heterocycles. The van der Waals surface area contributed by atoms with E-state index < -0.39 is 10.0 Å². The van der Waals surface area contributed by atoms with Crippen LogP contribution >= 0.6 is 27.5 Å². The maximum absolute atomic E-state index is 12.3. The molecule has 96 valence electrons. The summed E-state index contributed by atoms with van der Waals surface area (Å²) in [6.45, 7) is 2.76. The molecule has 1 aromatic rings. The molecular weight excluding hydrogens is 326 g/mol. The SMILES string of the molecule is CCN(CCCBr)S(=O)(=O)c1ccccc1Cl. The van der Waals surface area contributed by atoms with Crippen LogP contribution < -0.4 is 0 Å². The molecule has 0 bridgehead atoms. The molecule has 0 unspecified atom stereocenters. The summed E-state index contributed by atoms with van der Waals surface area (Å²) in [5.74, 6) is 0. The molecule has 17 heavy (non-hydrogen) atoms. The molecule has 0 N–H and O–H groups in total. The Morgan fingerprint density at radius 2 is 2.00 bits per heavy atom. The average Bonchev–Trinajstić information content (AvgIpc) is 2.30. The molecule has 1 rings (SSSR count). The number of sulfonamides is 1. The fraction of sp³-hybridized carbons (Fsp3) is 0.455. The Hall–Kier alpha value is -0.100. The summed E-state index contributed by atoms with van der Waals surface area (Å²) in [7, 11) is -3.47. The lowest BCUT2D eigenvalue weighted by Gasteiger charge is -2.20. The van der Waals surface area contributed by atoms with Crippen LogP contribution in [-0.4, -0.2) is 31.1 Å². The van der Waals surface area contributed by atoms with Crippen molar-refractivity contribution in [1.29, 1.82) is 0 Å². The van der Waals surface area contributed by atoms with Crippen molar-refractivity contribution in [2.45, 2.75) is 18.2 Å². The molecule has 0 heterocycles. The molecule has 0 amide bonds. The van der Waals surface area contributed by atoms with E-state index in [9.17, 15) is 8.42 Å². The number of alkyl halides is 1. The second-order valence-electron chi connectivity index (χ2n) is 3.47. The summed E-state index contributed by atoms with van der Waals surface area (Å²) in [4.78, 5) is 0.179. The Balaban J connectivity index is 3.05. The first kappa shape index (κ1) is 15.0. The summed E-state index contributed by atoms with van der Waals surface area (Å²) < 4.78 is 26.1. The van der Waals surface area contributed by atoms with Gasteiger partial charge in [0.1, 0.15) is 4.90 Å². The fourth-order valence-electron chi connectivity index (χ4n) is 1.48. The molecule has 0 fully saturated rings. The minimum absolute atomic E-state index is 0.179. The molecular formula is C11H15BrClNO2S. The van der Waals surface area contributed by atoms with Gasteiger partial charge in [0.05, 0.1) is 5.02 Å². The fourth-order valence-corrected chi connectivity index (χ4v) is 3.71. The van der Waals surface area contributed by atoms with Crippen molar-refractivity contribution < 1.29 is 8.42 Å². The zero-order valence-corrected chi connectivity index (χ0v) is 12.7. The topological polar surface area (TPSA) is 37.4 Å². The Morgan fingerprint density at radius 3 is 2.53 bits per heavy atom. The second kappa shape index (κ2) is 6.73. The van der Waals surface area contributed by atoms with Gasteiger partial charge >= 0.3 is 0 Å². The zero-order valence-electron chi connectivity index (χ0n) is 9.57. The molecule has 0 saturated heterocycles. The second-order valence-corrected chi connectivity index (χ2v) is 6.58. The molecule has 0 saturated carbocycles. The van der Waals surface area contributed by atoms with E-state index in [4.69, 9.17) is 11.6 Å². The lowest BCUT2D eigenvalue weighted by Crippen LogP contribution is -2.32. The van der Waals surface area contributed by atoms with Crippen LogP contribution in [0.25, 0.3) is 0 Å². The molecule has 3 nitrogen and oxygen atoms in total. The number of rotatable bonds is 6. The first-order valence-corrected chi connectivity index (χ1v) is 8.28. The molecule has 0 spiro atoms. The Bertz CT molecular complexity index is 464. The van der Waals surface area contributed by atoms with Crippen molar-refractivity contribution in [3.8, 4) is 0 Å². The van der Waals surface area contributed by atoms with Gasteiger partial charge in [0.25, 0.3) is 0 Å². The van der Waals surface area contributed by atoms with Gasteiger partial charge in [0, 0.05) is 18.4 Å². The van der Waals surface area contributed by atoms with Crippen LogP contribution in [0.3, 0.4) is 0 Å². The third kappa shape index (κ3) is 3.68. The summed E-state index contributed by atoms with van der Waals surface area (Å²) in [5, 5.41) is 1.05. The van der Waals surface area contributed by atoms with Gasteiger partial charge in [-0.05, 0) is 18.6 Å².